The molecule has 1 aromatic heterocycles. The predicted molar refractivity (Wildman–Crippen MR) is 80.4 cm³/mol. The van der Waals surface area contributed by atoms with Gasteiger partial charge in [-0.25, -0.2) is 0 Å². The van der Waals surface area contributed by atoms with Gasteiger partial charge in [0.05, 0.1) is 0 Å². The molecule has 0 fully saturated rings. The second-order valence-corrected chi connectivity index (χ2v) is 5.37. The number of hydrogen-bond acceptors (Lipinski definition) is 2. The zero-order valence-corrected chi connectivity index (χ0v) is 11.7. The van der Waals surface area contributed by atoms with Crippen LogP contribution in [0.1, 0.15) is 24.1 Å². The predicted octanol–water partition coefficient (Wildman–Crippen LogP) is 2.48. The van der Waals surface area contributed by atoms with Gasteiger partial charge in [-0.2, -0.15) is 0 Å². The van der Waals surface area contributed by atoms with E-state index in [1.54, 1.807) is 6.07 Å². The summed E-state index contributed by atoms with van der Waals surface area (Å²) in [5.41, 5.74) is 3.78. The number of nitrogens with zero attached hydrogens (tertiary/aromatic N) is 1. The minimum Gasteiger partial charge on any atom is -0.480 e. The van der Waals surface area contributed by atoms with Crippen LogP contribution in [0.25, 0.3) is 11.1 Å². The molecule has 0 spiro atoms. The molecule has 3 rings (SSSR count). The second-order valence-electron chi connectivity index (χ2n) is 5.37. The van der Waals surface area contributed by atoms with Gasteiger partial charge in [0.15, 0.2) is 0 Å². The molecule has 1 N–H and O–H groups in total. The third-order valence-electron chi connectivity index (χ3n) is 4.00. The highest BCUT2D eigenvalue weighted by atomic mass is 16.4. The number of fused-ring (bicyclic) bond motifs is 1. The molecular formula is C17H17NO3. The summed E-state index contributed by atoms with van der Waals surface area (Å²) < 4.78 is 1.42. The van der Waals surface area contributed by atoms with Crippen LogP contribution in [-0.2, 0) is 24.2 Å². The van der Waals surface area contributed by atoms with Crippen LogP contribution < -0.4 is 5.56 Å². The van der Waals surface area contributed by atoms with E-state index in [-0.39, 0.29) is 12.1 Å². The number of carbonyl (C=O) groups is 1. The van der Waals surface area contributed by atoms with Gasteiger partial charge in [0.1, 0.15) is 6.54 Å². The highest BCUT2D eigenvalue weighted by Gasteiger charge is 2.20. The summed E-state index contributed by atoms with van der Waals surface area (Å²) in [5, 5.41) is 9.02. The van der Waals surface area contributed by atoms with E-state index in [9.17, 15) is 9.59 Å². The zero-order valence-electron chi connectivity index (χ0n) is 11.7. The number of carboxylic acids is 1. The Balaban J connectivity index is 2.22. The minimum absolute atomic E-state index is 0.225. The SMILES string of the molecule is O=C(O)Cn1c2c(c(-c3ccccc3)cc1=O)CCCC2. The fourth-order valence-electron chi connectivity index (χ4n) is 3.08. The second kappa shape index (κ2) is 5.56. The van der Waals surface area contributed by atoms with Crippen molar-refractivity contribution >= 4 is 5.97 Å². The van der Waals surface area contributed by atoms with Crippen molar-refractivity contribution in [2.75, 3.05) is 0 Å². The largest absolute Gasteiger partial charge is 0.480 e. The number of carboxylic acid groups (broad SMARTS) is 1. The van der Waals surface area contributed by atoms with E-state index in [1.165, 1.54) is 4.57 Å². The van der Waals surface area contributed by atoms with Crippen molar-refractivity contribution in [3.63, 3.8) is 0 Å². The highest BCUT2D eigenvalue weighted by Crippen LogP contribution is 2.30. The van der Waals surface area contributed by atoms with Gasteiger partial charge in [0.25, 0.3) is 5.56 Å². The molecule has 1 aliphatic rings. The van der Waals surface area contributed by atoms with E-state index in [4.69, 9.17) is 5.11 Å². The first-order valence-electron chi connectivity index (χ1n) is 7.19. The highest BCUT2D eigenvalue weighted by molar-refractivity contribution is 5.70. The number of aromatic nitrogens is 1. The fourth-order valence-corrected chi connectivity index (χ4v) is 3.08. The number of pyridine rings is 1. The van der Waals surface area contributed by atoms with Crippen LogP contribution in [0.3, 0.4) is 0 Å². The summed E-state index contributed by atoms with van der Waals surface area (Å²) in [6.07, 6.45) is 3.76. The average Bonchev–Trinajstić information content (AvgIpc) is 2.50. The van der Waals surface area contributed by atoms with Crippen LogP contribution in [0, 0.1) is 0 Å². The molecule has 0 bridgehead atoms. The molecule has 0 aliphatic heterocycles. The quantitative estimate of drug-likeness (QED) is 0.941. The van der Waals surface area contributed by atoms with Crippen molar-refractivity contribution in [2.24, 2.45) is 0 Å². The first-order chi connectivity index (χ1) is 10.2. The smallest absolute Gasteiger partial charge is 0.323 e. The van der Waals surface area contributed by atoms with Gasteiger partial charge in [-0.3, -0.25) is 9.59 Å². The molecule has 0 atom stereocenters. The molecule has 4 nitrogen and oxygen atoms in total. The van der Waals surface area contributed by atoms with Crippen LogP contribution in [0.2, 0.25) is 0 Å². The van der Waals surface area contributed by atoms with E-state index in [1.807, 2.05) is 30.3 Å². The van der Waals surface area contributed by atoms with E-state index < -0.39 is 5.97 Å². The Bertz CT molecular complexity index is 732. The molecular weight excluding hydrogens is 266 g/mol. The maximum Gasteiger partial charge on any atom is 0.323 e. The monoisotopic (exact) mass is 283 g/mol. The normalized spacial score (nSPS) is 13.7. The zero-order chi connectivity index (χ0) is 14.8. The fraction of sp³-hybridized carbons (Fsp3) is 0.294. The number of rotatable bonds is 3. The molecule has 0 saturated carbocycles. The van der Waals surface area contributed by atoms with Crippen LogP contribution >= 0.6 is 0 Å². The Labute approximate surface area is 122 Å². The standard InChI is InChI=1S/C17H17NO3/c19-16-10-14(12-6-2-1-3-7-12)13-8-4-5-9-15(13)18(16)11-17(20)21/h1-3,6-7,10H,4-5,8-9,11H2,(H,20,21). The van der Waals surface area contributed by atoms with Gasteiger partial charge in [0.2, 0.25) is 0 Å². The Hall–Kier alpha value is -2.36. The van der Waals surface area contributed by atoms with Gasteiger partial charge in [-0.1, -0.05) is 30.3 Å². The molecule has 0 radical (unpaired) electrons. The Morgan fingerprint density at radius 1 is 1.14 bits per heavy atom. The lowest BCUT2D eigenvalue weighted by Gasteiger charge is -2.23. The summed E-state index contributed by atoms with van der Waals surface area (Å²) in [5.74, 6) is -0.975. The minimum atomic E-state index is -0.975. The maximum absolute atomic E-state index is 12.3. The molecule has 2 aromatic rings. The number of hydrogen-bond donors (Lipinski definition) is 1. The van der Waals surface area contributed by atoms with Crippen molar-refractivity contribution in [3.05, 3.63) is 58.0 Å². The first-order valence-corrected chi connectivity index (χ1v) is 7.19. The van der Waals surface area contributed by atoms with Crippen LogP contribution in [0.4, 0.5) is 0 Å². The Kier molecular flexibility index (Phi) is 3.60. The van der Waals surface area contributed by atoms with E-state index in [2.05, 4.69) is 0 Å². The van der Waals surface area contributed by atoms with E-state index >= 15 is 0 Å². The number of aliphatic carboxylic acids is 1. The average molecular weight is 283 g/mol. The van der Waals surface area contributed by atoms with E-state index in [0.29, 0.717) is 0 Å². The molecule has 1 aromatic carbocycles. The van der Waals surface area contributed by atoms with Crippen molar-refractivity contribution < 1.29 is 9.90 Å². The van der Waals surface area contributed by atoms with Crippen molar-refractivity contribution in [1.82, 2.24) is 4.57 Å². The molecule has 108 valence electrons. The lowest BCUT2D eigenvalue weighted by atomic mass is 9.89. The van der Waals surface area contributed by atoms with Crippen LogP contribution in [0.5, 0.6) is 0 Å². The van der Waals surface area contributed by atoms with Crippen molar-refractivity contribution in [3.8, 4) is 11.1 Å². The van der Waals surface area contributed by atoms with Crippen LogP contribution in [-0.4, -0.2) is 15.6 Å². The summed E-state index contributed by atoms with van der Waals surface area (Å²) in [7, 11) is 0. The summed E-state index contributed by atoms with van der Waals surface area (Å²) in [6, 6.07) is 11.4. The molecule has 21 heavy (non-hydrogen) atoms. The summed E-state index contributed by atoms with van der Waals surface area (Å²) >= 11 is 0. The topological polar surface area (TPSA) is 59.3 Å². The lowest BCUT2D eigenvalue weighted by molar-refractivity contribution is -0.137. The van der Waals surface area contributed by atoms with Crippen molar-refractivity contribution in [2.45, 2.75) is 32.2 Å². The Morgan fingerprint density at radius 2 is 1.86 bits per heavy atom. The summed E-state index contributed by atoms with van der Waals surface area (Å²) in [6.45, 7) is -0.254. The third-order valence-corrected chi connectivity index (χ3v) is 4.00. The van der Waals surface area contributed by atoms with Gasteiger partial charge >= 0.3 is 5.97 Å². The van der Waals surface area contributed by atoms with Gasteiger partial charge in [-0.05, 0) is 42.4 Å². The molecule has 1 aliphatic carbocycles. The lowest BCUT2D eigenvalue weighted by Crippen LogP contribution is -2.29. The molecule has 4 heteroatoms. The van der Waals surface area contributed by atoms with Crippen LogP contribution in [0.15, 0.2) is 41.2 Å². The molecule has 0 amide bonds. The van der Waals surface area contributed by atoms with E-state index in [0.717, 1.165) is 48.1 Å². The number of benzene rings is 1. The van der Waals surface area contributed by atoms with Gasteiger partial charge in [-0.15, -0.1) is 0 Å². The van der Waals surface area contributed by atoms with Gasteiger partial charge < -0.3 is 9.67 Å². The summed E-state index contributed by atoms with van der Waals surface area (Å²) in [4.78, 5) is 23.3. The third kappa shape index (κ3) is 2.61. The Morgan fingerprint density at radius 3 is 2.57 bits per heavy atom. The molecule has 0 saturated heterocycles. The molecule has 0 unspecified atom stereocenters. The van der Waals surface area contributed by atoms with Crippen molar-refractivity contribution in [1.29, 1.82) is 0 Å². The maximum atomic E-state index is 12.3. The molecule has 1 heterocycles. The van der Waals surface area contributed by atoms with Gasteiger partial charge in [0, 0.05) is 11.8 Å². The first kappa shape index (κ1) is 13.6.